The third-order valence-corrected chi connectivity index (χ3v) is 3.93. The summed E-state index contributed by atoms with van der Waals surface area (Å²) in [5.41, 5.74) is 5.40. The minimum atomic E-state index is -0.799. The van der Waals surface area contributed by atoms with E-state index in [1.165, 1.54) is 11.3 Å². The summed E-state index contributed by atoms with van der Waals surface area (Å²) in [4.78, 5) is 10.9. The van der Waals surface area contributed by atoms with Crippen molar-refractivity contribution < 1.29 is 9.90 Å². The predicted octanol–water partition coefficient (Wildman–Crippen LogP) is 3.04. The van der Waals surface area contributed by atoms with Crippen LogP contribution in [0.1, 0.15) is 40.9 Å². The maximum atomic E-state index is 10.9. The molecule has 20 heavy (non-hydrogen) atoms. The predicted molar refractivity (Wildman–Crippen MR) is 78.0 cm³/mol. The van der Waals surface area contributed by atoms with Gasteiger partial charge in [0.25, 0.3) is 0 Å². The highest BCUT2D eigenvalue weighted by Crippen LogP contribution is 2.18. The van der Waals surface area contributed by atoms with Gasteiger partial charge in [-0.05, 0) is 44.4 Å². The van der Waals surface area contributed by atoms with E-state index < -0.39 is 11.9 Å². The topological polar surface area (TPSA) is 55.1 Å². The number of carboxylic acids is 1. The van der Waals surface area contributed by atoms with Crippen molar-refractivity contribution in [3.8, 4) is 0 Å². The van der Waals surface area contributed by atoms with Crippen molar-refractivity contribution in [3.05, 3.63) is 52.3 Å². The second-order valence-corrected chi connectivity index (χ2v) is 5.25. The minimum absolute atomic E-state index is 0.472. The van der Waals surface area contributed by atoms with Gasteiger partial charge in [-0.15, -0.1) is 0 Å². The molecular weight excluding hydrogens is 252 g/mol. The molecule has 106 valence electrons. The van der Waals surface area contributed by atoms with E-state index in [4.69, 9.17) is 5.11 Å². The third-order valence-electron chi connectivity index (χ3n) is 3.93. The summed E-state index contributed by atoms with van der Waals surface area (Å²) >= 11 is 0. The Balaban J connectivity index is 2.19. The molecule has 1 N–H and O–H groups in total. The molecule has 1 atom stereocenters. The summed E-state index contributed by atoms with van der Waals surface area (Å²) in [6.45, 7) is 8.56. The smallest absolute Gasteiger partial charge is 0.310 e. The lowest BCUT2D eigenvalue weighted by molar-refractivity contribution is -0.138. The molecular formula is C16H20N2O2. The highest BCUT2D eigenvalue weighted by atomic mass is 16.4. The molecule has 1 aromatic heterocycles. The molecule has 0 spiro atoms. The second kappa shape index (κ2) is 5.49. The third kappa shape index (κ3) is 2.74. The van der Waals surface area contributed by atoms with E-state index in [0.717, 1.165) is 16.8 Å². The average molecular weight is 272 g/mol. The summed E-state index contributed by atoms with van der Waals surface area (Å²) in [6, 6.07) is 7.71. The Labute approximate surface area is 119 Å². The first kappa shape index (κ1) is 14.3. The molecule has 1 heterocycles. The van der Waals surface area contributed by atoms with Crippen LogP contribution >= 0.6 is 0 Å². The highest BCUT2D eigenvalue weighted by Gasteiger charge is 2.13. The van der Waals surface area contributed by atoms with E-state index in [-0.39, 0.29) is 0 Å². The molecule has 2 aromatic rings. The van der Waals surface area contributed by atoms with Gasteiger partial charge in [-0.25, -0.2) is 0 Å². The molecule has 0 bridgehead atoms. The van der Waals surface area contributed by atoms with Crippen LogP contribution in [0.2, 0.25) is 0 Å². The van der Waals surface area contributed by atoms with Gasteiger partial charge in [0.15, 0.2) is 0 Å². The van der Waals surface area contributed by atoms with Gasteiger partial charge >= 0.3 is 5.97 Å². The SMILES string of the molecule is Cc1nn(Cc2ccc(C(C)C(=O)O)cc2)c(C)c1C. The number of rotatable bonds is 4. The van der Waals surface area contributed by atoms with Crippen LogP contribution in [0.5, 0.6) is 0 Å². The van der Waals surface area contributed by atoms with Crippen molar-refractivity contribution in [2.24, 2.45) is 0 Å². The van der Waals surface area contributed by atoms with Gasteiger partial charge in [-0.1, -0.05) is 24.3 Å². The van der Waals surface area contributed by atoms with E-state index >= 15 is 0 Å². The molecule has 0 aliphatic rings. The molecule has 0 saturated heterocycles. The van der Waals surface area contributed by atoms with Crippen LogP contribution in [0, 0.1) is 20.8 Å². The van der Waals surface area contributed by atoms with Crippen molar-refractivity contribution in [1.82, 2.24) is 9.78 Å². The first-order valence-electron chi connectivity index (χ1n) is 6.72. The zero-order valence-corrected chi connectivity index (χ0v) is 12.3. The van der Waals surface area contributed by atoms with E-state index in [9.17, 15) is 4.79 Å². The number of carbonyl (C=O) groups is 1. The molecule has 0 aliphatic carbocycles. The number of nitrogens with zero attached hydrogens (tertiary/aromatic N) is 2. The lowest BCUT2D eigenvalue weighted by Crippen LogP contribution is -2.08. The summed E-state index contributed by atoms with van der Waals surface area (Å²) in [5, 5.41) is 13.5. The Morgan fingerprint density at radius 1 is 1.25 bits per heavy atom. The zero-order valence-electron chi connectivity index (χ0n) is 12.3. The Hall–Kier alpha value is -2.10. The normalized spacial score (nSPS) is 12.4. The Kier molecular flexibility index (Phi) is 3.93. The number of carboxylic acid groups (broad SMARTS) is 1. The molecule has 2 rings (SSSR count). The number of aryl methyl sites for hydroxylation is 1. The lowest BCUT2D eigenvalue weighted by Gasteiger charge is -2.09. The highest BCUT2D eigenvalue weighted by molar-refractivity contribution is 5.75. The van der Waals surface area contributed by atoms with Crippen molar-refractivity contribution >= 4 is 5.97 Å². The maximum Gasteiger partial charge on any atom is 0.310 e. The second-order valence-electron chi connectivity index (χ2n) is 5.25. The van der Waals surface area contributed by atoms with Gasteiger partial charge in [0.1, 0.15) is 0 Å². The standard InChI is InChI=1S/C16H20N2O2/c1-10-12(3)17-18(13(10)4)9-14-5-7-15(8-6-14)11(2)16(19)20/h5-8,11H,9H2,1-4H3,(H,19,20). The maximum absolute atomic E-state index is 10.9. The number of aliphatic carboxylic acids is 1. The summed E-state index contributed by atoms with van der Waals surface area (Å²) in [7, 11) is 0. The molecule has 4 heteroatoms. The molecule has 4 nitrogen and oxygen atoms in total. The van der Waals surface area contributed by atoms with Gasteiger partial charge in [-0.2, -0.15) is 5.10 Å². The summed E-state index contributed by atoms with van der Waals surface area (Å²) in [6.07, 6.45) is 0. The van der Waals surface area contributed by atoms with Gasteiger partial charge in [0, 0.05) is 5.69 Å². The summed E-state index contributed by atoms with van der Waals surface area (Å²) < 4.78 is 1.99. The zero-order chi connectivity index (χ0) is 14.9. The van der Waals surface area contributed by atoms with E-state index in [1.807, 2.05) is 35.9 Å². The largest absolute Gasteiger partial charge is 0.481 e. The van der Waals surface area contributed by atoms with Crippen LogP contribution in [0.3, 0.4) is 0 Å². The molecule has 0 radical (unpaired) electrons. The quantitative estimate of drug-likeness (QED) is 0.930. The summed E-state index contributed by atoms with van der Waals surface area (Å²) in [5.74, 6) is -1.27. The van der Waals surface area contributed by atoms with Crippen LogP contribution in [0.15, 0.2) is 24.3 Å². The minimum Gasteiger partial charge on any atom is -0.481 e. The fourth-order valence-electron chi connectivity index (χ4n) is 2.17. The number of hydrogen-bond donors (Lipinski definition) is 1. The number of benzene rings is 1. The first-order chi connectivity index (χ1) is 9.40. The molecule has 1 aromatic carbocycles. The van der Waals surface area contributed by atoms with Gasteiger partial charge in [-0.3, -0.25) is 9.48 Å². The Morgan fingerprint density at radius 2 is 1.85 bits per heavy atom. The molecule has 0 saturated carbocycles. The van der Waals surface area contributed by atoms with Crippen molar-refractivity contribution in [2.75, 3.05) is 0 Å². The molecule has 0 amide bonds. The number of hydrogen-bond acceptors (Lipinski definition) is 2. The Morgan fingerprint density at radius 3 is 2.30 bits per heavy atom. The van der Waals surface area contributed by atoms with Crippen molar-refractivity contribution in [3.63, 3.8) is 0 Å². The van der Waals surface area contributed by atoms with Gasteiger partial charge in [0.05, 0.1) is 18.2 Å². The Bertz CT molecular complexity index is 627. The average Bonchev–Trinajstić information content (AvgIpc) is 2.66. The monoisotopic (exact) mass is 272 g/mol. The van der Waals surface area contributed by atoms with Gasteiger partial charge < -0.3 is 5.11 Å². The van der Waals surface area contributed by atoms with Crippen LogP contribution in [0.4, 0.5) is 0 Å². The first-order valence-corrected chi connectivity index (χ1v) is 6.72. The van der Waals surface area contributed by atoms with Crippen LogP contribution in [0.25, 0.3) is 0 Å². The van der Waals surface area contributed by atoms with Crippen molar-refractivity contribution in [2.45, 2.75) is 40.2 Å². The fraction of sp³-hybridized carbons (Fsp3) is 0.375. The van der Waals surface area contributed by atoms with E-state index in [1.54, 1.807) is 6.92 Å². The van der Waals surface area contributed by atoms with Gasteiger partial charge in [0.2, 0.25) is 0 Å². The van der Waals surface area contributed by atoms with E-state index in [2.05, 4.69) is 18.9 Å². The van der Waals surface area contributed by atoms with Crippen LogP contribution < -0.4 is 0 Å². The van der Waals surface area contributed by atoms with Crippen LogP contribution in [-0.4, -0.2) is 20.9 Å². The molecule has 0 fully saturated rings. The van der Waals surface area contributed by atoms with Crippen molar-refractivity contribution in [1.29, 1.82) is 0 Å². The lowest BCUT2D eigenvalue weighted by atomic mass is 10.00. The van der Waals surface area contributed by atoms with E-state index in [0.29, 0.717) is 6.54 Å². The van der Waals surface area contributed by atoms with Crippen LogP contribution in [-0.2, 0) is 11.3 Å². The molecule has 0 aliphatic heterocycles. The number of aromatic nitrogens is 2. The fourth-order valence-corrected chi connectivity index (χ4v) is 2.17. The molecule has 1 unspecified atom stereocenters.